The number of methoxy groups -OCH3 is 1. The summed E-state index contributed by atoms with van der Waals surface area (Å²) in [5, 5.41) is 3.19. The molecule has 2 unspecified atom stereocenters. The summed E-state index contributed by atoms with van der Waals surface area (Å²) in [7, 11) is 5.71. The molecule has 1 aliphatic heterocycles. The largest absolute Gasteiger partial charge is 0.497 e. The summed E-state index contributed by atoms with van der Waals surface area (Å²) in [6.07, 6.45) is 8.84. The second kappa shape index (κ2) is 8.94. The molecule has 5 aliphatic rings. The predicted molar refractivity (Wildman–Crippen MR) is 128 cm³/mol. The van der Waals surface area contributed by atoms with Crippen molar-refractivity contribution in [2.24, 2.45) is 23.2 Å². The van der Waals surface area contributed by atoms with Gasteiger partial charge in [-0.2, -0.15) is 0 Å². The molecular weight excluding hydrogens is 414 g/mol. The van der Waals surface area contributed by atoms with Gasteiger partial charge >= 0.3 is 0 Å². The molecule has 4 saturated carbocycles. The Morgan fingerprint density at radius 1 is 1.15 bits per heavy atom. The molecule has 6 rings (SSSR count). The van der Waals surface area contributed by atoms with Crippen molar-refractivity contribution >= 4 is 11.8 Å². The van der Waals surface area contributed by atoms with E-state index < -0.39 is 0 Å². The number of hydrogen-bond donors (Lipinski definition) is 1. The van der Waals surface area contributed by atoms with Crippen LogP contribution in [0.1, 0.15) is 63.0 Å². The Balaban J connectivity index is 1.26. The maximum absolute atomic E-state index is 13.9. The number of carbonyl (C=O) groups is 2. The maximum Gasteiger partial charge on any atom is 0.242 e. The molecule has 4 aliphatic carbocycles. The zero-order chi connectivity index (χ0) is 23.2. The van der Waals surface area contributed by atoms with Crippen LogP contribution >= 0.6 is 0 Å². The smallest absolute Gasteiger partial charge is 0.242 e. The number of benzene rings is 1. The van der Waals surface area contributed by atoms with Gasteiger partial charge in [0.15, 0.2) is 0 Å². The molecule has 1 aromatic rings. The van der Waals surface area contributed by atoms with Gasteiger partial charge in [-0.15, -0.1) is 0 Å². The van der Waals surface area contributed by atoms with Gasteiger partial charge in [0.1, 0.15) is 11.8 Å². The quantitative estimate of drug-likeness (QED) is 0.685. The average Bonchev–Trinajstić information content (AvgIpc) is 3.27. The van der Waals surface area contributed by atoms with Crippen molar-refractivity contribution in [3.05, 3.63) is 29.8 Å². The number of nitrogens with zero attached hydrogens (tertiary/aromatic N) is 2. The molecule has 5 fully saturated rings. The van der Waals surface area contributed by atoms with E-state index in [9.17, 15) is 9.59 Å². The monoisotopic (exact) mass is 453 g/mol. The minimum atomic E-state index is -0.321. The molecule has 0 radical (unpaired) electrons. The highest BCUT2D eigenvalue weighted by molar-refractivity contribution is 5.91. The lowest BCUT2D eigenvalue weighted by Gasteiger charge is -2.56. The van der Waals surface area contributed by atoms with Gasteiger partial charge in [0, 0.05) is 13.1 Å². The van der Waals surface area contributed by atoms with Gasteiger partial charge in [-0.1, -0.05) is 12.1 Å². The van der Waals surface area contributed by atoms with E-state index in [0.29, 0.717) is 6.54 Å². The molecule has 0 spiro atoms. The number of likely N-dealkylation sites (N-methyl/N-ethyl adjacent to an activating group) is 1. The molecule has 1 heterocycles. The van der Waals surface area contributed by atoms with Crippen LogP contribution in [0.4, 0.5) is 0 Å². The summed E-state index contributed by atoms with van der Waals surface area (Å²) >= 11 is 0. The van der Waals surface area contributed by atoms with Crippen LogP contribution in [0, 0.1) is 23.2 Å². The molecule has 6 heteroatoms. The third-order valence-electron chi connectivity index (χ3n) is 8.88. The number of ether oxygens (including phenoxy) is 1. The molecular formula is C27H39N3O3. The zero-order valence-electron chi connectivity index (χ0n) is 20.4. The fraction of sp³-hybridized carbons (Fsp3) is 0.704. The Morgan fingerprint density at radius 3 is 2.42 bits per heavy atom. The van der Waals surface area contributed by atoms with Gasteiger partial charge < -0.3 is 19.9 Å². The normalized spacial score (nSPS) is 33.4. The molecule has 2 atom stereocenters. The number of nitrogens with one attached hydrogen (secondary N) is 1. The van der Waals surface area contributed by atoms with Gasteiger partial charge in [0.05, 0.1) is 18.6 Å². The van der Waals surface area contributed by atoms with Crippen LogP contribution in [0.15, 0.2) is 24.3 Å². The molecule has 6 nitrogen and oxygen atoms in total. The van der Waals surface area contributed by atoms with Crippen molar-refractivity contribution in [1.82, 2.24) is 15.1 Å². The third-order valence-corrected chi connectivity index (χ3v) is 8.88. The summed E-state index contributed by atoms with van der Waals surface area (Å²) in [6, 6.07) is 7.72. The average molecular weight is 454 g/mol. The van der Waals surface area contributed by atoms with E-state index >= 15 is 0 Å². The minimum Gasteiger partial charge on any atom is -0.497 e. The third kappa shape index (κ3) is 4.27. The van der Waals surface area contributed by atoms with Crippen molar-refractivity contribution in [2.75, 3.05) is 34.3 Å². The van der Waals surface area contributed by atoms with E-state index in [1.54, 1.807) is 7.11 Å². The summed E-state index contributed by atoms with van der Waals surface area (Å²) in [5.41, 5.74) is 0.928. The highest BCUT2D eigenvalue weighted by Gasteiger charge is 2.56. The van der Waals surface area contributed by atoms with Gasteiger partial charge in [0.2, 0.25) is 11.8 Å². The number of carbonyl (C=O) groups excluding carboxylic acids is 2. The van der Waals surface area contributed by atoms with E-state index in [2.05, 4.69) is 16.3 Å². The molecule has 180 valence electrons. The van der Waals surface area contributed by atoms with Gasteiger partial charge in [-0.3, -0.25) is 9.59 Å². The molecule has 1 aromatic carbocycles. The lowest BCUT2D eigenvalue weighted by atomic mass is 9.49. The highest BCUT2D eigenvalue weighted by Crippen LogP contribution is 2.60. The first-order chi connectivity index (χ1) is 15.9. The number of amides is 2. The second-order valence-electron chi connectivity index (χ2n) is 11.4. The first-order valence-electron chi connectivity index (χ1n) is 12.8. The summed E-state index contributed by atoms with van der Waals surface area (Å²) < 4.78 is 5.38. The topological polar surface area (TPSA) is 61.9 Å². The van der Waals surface area contributed by atoms with Crippen molar-refractivity contribution in [3.8, 4) is 5.75 Å². The van der Waals surface area contributed by atoms with Gasteiger partial charge in [0.25, 0.3) is 0 Å². The van der Waals surface area contributed by atoms with Crippen LogP contribution in [0.5, 0.6) is 5.75 Å². The molecule has 33 heavy (non-hydrogen) atoms. The SMILES string of the molecule is COc1cccc(C(CNC(=O)C2CCCN2C(=O)C23CC4CC(CC(C4)C2)C3)N(C)C)c1. The van der Waals surface area contributed by atoms with Gasteiger partial charge in [-0.25, -0.2) is 0 Å². The predicted octanol–water partition coefficient (Wildman–Crippen LogP) is 3.62. The molecule has 2 amide bonds. The molecule has 1 saturated heterocycles. The van der Waals surface area contributed by atoms with Crippen LogP contribution in [0.25, 0.3) is 0 Å². The highest BCUT2D eigenvalue weighted by atomic mass is 16.5. The molecule has 0 aromatic heterocycles. The summed E-state index contributed by atoms with van der Waals surface area (Å²) in [5.74, 6) is 3.31. The van der Waals surface area contributed by atoms with Crippen LogP contribution < -0.4 is 10.1 Å². The van der Waals surface area contributed by atoms with Crippen LogP contribution in [0.2, 0.25) is 0 Å². The van der Waals surface area contributed by atoms with Crippen molar-refractivity contribution in [1.29, 1.82) is 0 Å². The van der Waals surface area contributed by atoms with Crippen LogP contribution in [-0.4, -0.2) is 62.0 Å². The van der Waals surface area contributed by atoms with E-state index in [0.717, 1.165) is 67.7 Å². The van der Waals surface area contributed by atoms with E-state index in [-0.39, 0.29) is 29.3 Å². The minimum absolute atomic E-state index is 0.000300. The summed E-state index contributed by atoms with van der Waals surface area (Å²) in [4.78, 5) is 31.3. The Morgan fingerprint density at radius 2 is 1.82 bits per heavy atom. The molecule has 4 bridgehead atoms. The second-order valence-corrected chi connectivity index (χ2v) is 11.4. The Labute approximate surface area is 198 Å². The van der Waals surface area contributed by atoms with E-state index in [1.807, 2.05) is 37.2 Å². The van der Waals surface area contributed by atoms with Crippen LogP contribution in [-0.2, 0) is 9.59 Å². The maximum atomic E-state index is 13.9. The van der Waals surface area contributed by atoms with E-state index in [4.69, 9.17) is 4.74 Å². The fourth-order valence-electron chi connectivity index (χ4n) is 7.72. The lowest BCUT2D eigenvalue weighted by Crippen LogP contribution is -2.57. The Hall–Kier alpha value is -2.08. The van der Waals surface area contributed by atoms with Crippen molar-refractivity contribution in [2.45, 2.75) is 63.5 Å². The molecule has 1 N–H and O–H groups in total. The standard InChI is InChI=1S/C27H39N3O3/c1-29(2)24(21-6-4-7-22(13-21)33-3)17-28-25(31)23-8-5-9-30(23)26(32)27-14-18-10-19(15-27)12-20(11-18)16-27/h4,6-7,13,18-20,23-24H,5,8-12,14-17H2,1-3H3,(H,28,31). The number of likely N-dealkylation sites (tertiary alicyclic amines) is 1. The fourth-order valence-corrected chi connectivity index (χ4v) is 7.72. The Bertz CT molecular complexity index is 863. The van der Waals surface area contributed by atoms with E-state index in [1.165, 1.54) is 19.3 Å². The number of hydrogen-bond acceptors (Lipinski definition) is 4. The van der Waals surface area contributed by atoms with Crippen LogP contribution in [0.3, 0.4) is 0 Å². The first kappa shape index (κ1) is 22.7. The number of rotatable bonds is 7. The Kier molecular flexibility index (Phi) is 6.15. The lowest BCUT2D eigenvalue weighted by molar-refractivity contribution is -0.160. The van der Waals surface area contributed by atoms with Crippen molar-refractivity contribution in [3.63, 3.8) is 0 Å². The first-order valence-corrected chi connectivity index (χ1v) is 12.8. The van der Waals surface area contributed by atoms with Gasteiger partial charge in [-0.05, 0) is 101 Å². The summed E-state index contributed by atoms with van der Waals surface area (Å²) in [6.45, 7) is 1.24. The van der Waals surface area contributed by atoms with Crippen molar-refractivity contribution < 1.29 is 14.3 Å². The zero-order valence-corrected chi connectivity index (χ0v) is 20.4.